The van der Waals surface area contributed by atoms with Crippen molar-refractivity contribution in [1.82, 2.24) is 4.98 Å². The van der Waals surface area contributed by atoms with Crippen LogP contribution in [0.1, 0.15) is 9.67 Å². The number of amidine groups is 1. The van der Waals surface area contributed by atoms with E-state index in [4.69, 9.17) is 16.1 Å². The Hall–Kier alpha value is -1.96. The van der Waals surface area contributed by atoms with Crippen molar-refractivity contribution in [1.29, 1.82) is 5.41 Å². The number of nitrogens with one attached hydrogen (secondary N) is 1. The van der Waals surface area contributed by atoms with Crippen LogP contribution in [0.15, 0.2) is 46.0 Å². The Kier molecular flexibility index (Phi) is 4.61. The first-order valence-electron chi connectivity index (χ1n) is 6.68. The summed E-state index contributed by atoms with van der Waals surface area (Å²) >= 11 is 4.47. The first kappa shape index (κ1) is 15.9. The molecule has 23 heavy (non-hydrogen) atoms. The summed E-state index contributed by atoms with van der Waals surface area (Å²) in [5.74, 6) is -0.869. The summed E-state index contributed by atoms with van der Waals surface area (Å²) in [5, 5.41) is 10.2. The van der Waals surface area contributed by atoms with Crippen molar-refractivity contribution in [2.24, 2.45) is 5.73 Å². The monoisotopic (exact) mass is 359 g/mol. The molecule has 0 amide bonds. The molecular formula is C16H13N3OS3. The lowest BCUT2D eigenvalue weighted by Gasteiger charge is -1.96. The van der Waals surface area contributed by atoms with E-state index in [1.807, 2.05) is 42.0 Å². The summed E-state index contributed by atoms with van der Waals surface area (Å²) in [6.07, 6.45) is 1.96. The minimum Gasteiger partial charge on any atom is -0.381 e. The molecule has 1 aromatic carbocycles. The van der Waals surface area contributed by atoms with E-state index in [2.05, 4.69) is 0 Å². The summed E-state index contributed by atoms with van der Waals surface area (Å²) < 4.78 is 1.00. The van der Waals surface area contributed by atoms with E-state index in [1.165, 1.54) is 11.3 Å². The maximum atomic E-state index is 11.9. The van der Waals surface area contributed by atoms with Gasteiger partial charge < -0.3 is 5.73 Å². The second kappa shape index (κ2) is 6.66. The third-order valence-electron chi connectivity index (χ3n) is 3.16. The molecule has 0 spiro atoms. The van der Waals surface area contributed by atoms with Gasteiger partial charge in [-0.05, 0) is 12.3 Å². The summed E-state index contributed by atoms with van der Waals surface area (Å²) in [6, 6.07) is 11.8. The fourth-order valence-corrected chi connectivity index (χ4v) is 4.86. The van der Waals surface area contributed by atoms with Crippen LogP contribution in [-0.2, 0) is 0 Å². The lowest BCUT2D eigenvalue weighted by molar-refractivity contribution is 0.106. The molecule has 0 saturated heterocycles. The van der Waals surface area contributed by atoms with Gasteiger partial charge in [0.15, 0.2) is 5.84 Å². The van der Waals surface area contributed by atoms with Crippen LogP contribution in [0.2, 0.25) is 0 Å². The third kappa shape index (κ3) is 3.21. The minimum atomic E-state index is -0.436. The van der Waals surface area contributed by atoms with Crippen molar-refractivity contribution in [2.75, 3.05) is 6.26 Å². The Bertz CT molecular complexity index is 868. The number of thiazole rings is 1. The number of nitrogens with two attached hydrogens (primary N) is 1. The topological polar surface area (TPSA) is 79.8 Å². The van der Waals surface area contributed by atoms with Crippen LogP contribution < -0.4 is 5.73 Å². The van der Waals surface area contributed by atoms with Crippen molar-refractivity contribution >= 4 is 46.1 Å². The lowest BCUT2D eigenvalue weighted by atomic mass is 10.2. The van der Waals surface area contributed by atoms with E-state index in [9.17, 15) is 4.79 Å². The molecule has 0 saturated carbocycles. The number of thiophene rings is 1. The number of carbonyl (C=O) groups is 1. The SMILES string of the molecule is CSc1sc(C(=O)C(=N)N)cc1-c1nc(-c2ccccc2)cs1. The predicted molar refractivity (Wildman–Crippen MR) is 98.9 cm³/mol. The molecule has 0 radical (unpaired) electrons. The number of hydrogen-bond donors (Lipinski definition) is 2. The van der Waals surface area contributed by atoms with Gasteiger partial charge in [0.1, 0.15) is 5.01 Å². The molecule has 0 aliphatic carbocycles. The van der Waals surface area contributed by atoms with Gasteiger partial charge in [0.25, 0.3) is 0 Å². The van der Waals surface area contributed by atoms with Gasteiger partial charge >= 0.3 is 0 Å². The fraction of sp³-hybridized carbons (Fsp3) is 0.0625. The number of ketones is 1. The van der Waals surface area contributed by atoms with Gasteiger partial charge in [-0.3, -0.25) is 10.2 Å². The summed E-state index contributed by atoms with van der Waals surface area (Å²) in [6.45, 7) is 0. The van der Waals surface area contributed by atoms with Crippen molar-refractivity contribution in [3.05, 3.63) is 46.7 Å². The van der Waals surface area contributed by atoms with Crippen molar-refractivity contribution in [2.45, 2.75) is 4.21 Å². The van der Waals surface area contributed by atoms with E-state index in [0.717, 1.165) is 26.0 Å². The molecule has 0 aliphatic heterocycles. The second-order valence-corrected chi connectivity index (χ2v) is 7.65. The molecule has 0 unspecified atom stereocenters. The highest BCUT2D eigenvalue weighted by Gasteiger charge is 2.19. The number of benzene rings is 1. The number of nitrogens with zero attached hydrogens (tertiary/aromatic N) is 1. The summed E-state index contributed by atoms with van der Waals surface area (Å²) in [4.78, 5) is 17.1. The van der Waals surface area contributed by atoms with Gasteiger partial charge in [0, 0.05) is 16.5 Å². The predicted octanol–water partition coefficient (Wildman–Crippen LogP) is 4.38. The molecule has 3 N–H and O–H groups in total. The second-order valence-electron chi connectivity index (χ2n) is 4.66. The van der Waals surface area contributed by atoms with Gasteiger partial charge in [-0.15, -0.1) is 34.4 Å². The van der Waals surface area contributed by atoms with E-state index < -0.39 is 11.6 Å². The van der Waals surface area contributed by atoms with Crippen LogP contribution in [0.5, 0.6) is 0 Å². The lowest BCUT2D eigenvalue weighted by Crippen LogP contribution is -2.21. The molecule has 116 valence electrons. The van der Waals surface area contributed by atoms with Crippen LogP contribution >= 0.6 is 34.4 Å². The Morgan fingerprint density at radius 2 is 2.04 bits per heavy atom. The van der Waals surface area contributed by atoms with Gasteiger partial charge in [-0.2, -0.15) is 0 Å². The van der Waals surface area contributed by atoms with E-state index in [1.54, 1.807) is 29.2 Å². The quantitative estimate of drug-likeness (QED) is 0.307. The zero-order valence-corrected chi connectivity index (χ0v) is 14.6. The highest BCUT2D eigenvalue weighted by molar-refractivity contribution is 8.00. The van der Waals surface area contributed by atoms with Crippen molar-refractivity contribution in [3.8, 4) is 21.8 Å². The average Bonchev–Trinajstić information content (AvgIpc) is 3.21. The largest absolute Gasteiger partial charge is 0.381 e. The summed E-state index contributed by atoms with van der Waals surface area (Å²) in [5.41, 5.74) is 8.22. The minimum absolute atomic E-state index is 0.434. The third-order valence-corrected chi connectivity index (χ3v) is 6.30. The molecule has 4 nitrogen and oxygen atoms in total. The van der Waals surface area contributed by atoms with Crippen LogP contribution in [0.4, 0.5) is 0 Å². The Labute approximate surface area is 145 Å². The number of aromatic nitrogens is 1. The van der Waals surface area contributed by atoms with E-state index in [0.29, 0.717) is 4.88 Å². The molecule has 7 heteroatoms. The number of thioether (sulfide) groups is 1. The molecule has 3 aromatic rings. The maximum absolute atomic E-state index is 11.9. The molecule has 2 aromatic heterocycles. The van der Waals surface area contributed by atoms with Crippen LogP contribution in [0.25, 0.3) is 21.8 Å². The molecular weight excluding hydrogens is 346 g/mol. The standard InChI is InChI=1S/C16H13N3OS3/c1-21-16-10(7-12(23-16)13(20)14(17)18)15-19-11(8-22-15)9-5-3-2-4-6-9/h2-8H,1H3,(H3,17,18). The first-order valence-corrected chi connectivity index (χ1v) is 9.60. The van der Waals surface area contributed by atoms with Crippen LogP contribution in [0.3, 0.4) is 0 Å². The number of carbonyl (C=O) groups excluding carboxylic acids is 1. The zero-order valence-electron chi connectivity index (χ0n) is 12.2. The molecule has 0 atom stereocenters. The molecule has 0 aliphatic rings. The molecule has 3 rings (SSSR count). The Morgan fingerprint density at radius 3 is 2.70 bits per heavy atom. The van der Waals surface area contributed by atoms with Gasteiger partial charge in [0.05, 0.1) is 14.8 Å². The van der Waals surface area contributed by atoms with Crippen LogP contribution in [0, 0.1) is 5.41 Å². The van der Waals surface area contributed by atoms with Gasteiger partial charge in [-0.1, -0.05) is 30.3 Å². The molecule has 0 fully saturated rings. The van der Waals surface area contributed by atoms with E-state index >= 15 is 0 Å². The summed E-state index contributed by atoms with van der Waals surface area (Å²) in [7, 11) is 0. The molecule has 2 heterocycles. The molecule has 0 bridgehead atoms. The number of Topliss-reactive ketones (excluding diaryl/α,β-unsaturated/α-hetero) is 1. The number of rotatable bonds is 5. The normalized spacial score (nSPS) is 10.7. The number of hydrogen-bond acceptors (Lipinski definition) is 6. The van der Waals surface area contributed by atoms with E-state index in [-0.39, 0.29) is 0 Å². The average molecular weight is 360 g/mol. The van der Waals surface area contributed by atoms with Gasteiger partial charge in [0.2, 0.25) is 5.78 Å². The van der Waals surface area contributed by atoms with Crippen molar-refractivity contribution < 1.29 is 4.79 Å². The zero-order chi connectivity index (χ0) is 16.4. The highest BCUT2D eigenvalue weighted by atomic mass is 32.2. The Morgan fingerprint density at radius 1 is 1.30 bits per heavy atom. The Balaban J connectivity index is 2.00. The smallest absolute Gasteiger partial charge is 0.237 e. The first-order chi connectivity index (χ1) is 11.1. The van der Waals surface area contributed by atoms with Gasteiger partial charge in [-0.25, -0.2) is 4.98 Å². The van der Waals surface area contributed by atoms with Crippen molar-refractivity contribution in [3.63, 3.8) is 0 Å². The highest BCUT2D eigenvalue weighted by Crippen LogP contribution is 2.40. The maximum Gasteiger partial charge on any atom is 0.237 e. The van der Waals surface area contributed by atoms with Crippen LogP contribution in [-0.4, -0.2) is 22.9 Å². The fourth-order valence-electron chi connectivity index (χ4n) is 2.06.